The van der Waals surface area contributed by atoms with Crippen LogP contribution in [0.4, 0.5) is 0 Å². The molecule has 0 aliphatic heterocycles. The van der Waals surface area contributed by atoms with Gasteiger partial charge in [-0.25, -0.2) is 9.48 Å². The van der Waals surface area contributed by atoms with E-state index in [1.807, 2.05) is 13.8 Å². The van der Waals surface area contributed by atoms with Crippen molar-refractivity contribution in [1.29, 1.82) is 0 Å². The van der Waals surface area contributed by atoms with Gasteiger partial charge in [-0.2, -0.15) is 5.10 Å². The Balaban J connectivity index is 2.02. The third-order valence-electron chi connectivity index (χ3n) is 4.04. The summed E-state index contributed by atoms with van der Waals surface area (Å²) in [7, 11) is 0. The van der Waals surface area contributed by atoms with Gasteiger partial charge in [-0.05, 0) is 30.5 Å². The number of benzene rings is 1. The quantitative estimate of drug-likeness (QED) is 0.614. The Morgan fingerprint density at radius 2 is 1.76 bits per heavy atom. The minimum absolute atomic E-state index is 0.00942. The number of aromatic nitrogens is 5. The van der Waals surface area contributed by atoms with Crippen molar-refractivity contribution in [2.75, 3.05) is 0 Å². The van der Waals surface area contributed by atoms with Crippen LogP contribution in [0.1, 0.15) is 32.3 Å². The fourth-order valence-electron chi connectivity index (χ4n) is 2.56. The zero-order valence-electron chi connectivity index (χ0n) is 15.7. The molecule has 0 aliphatic carbocycles. The molecule has 0 radical (unpaired) electrons. The van der Waals surface area contributed by atoms with Gasteiger partial charge in [0, 0.05) is 18.2 Å². The molecule has 0 aliphatic rings. The number of hydrogen-bond donors (Lipinski definition) is 1. The van der Waals surface area contributed by atoms with Crippen molar-refractivity contribution in [3.05, 3.63) is 59.8 Å². The van der Waals surface area contributed by atoms with E-state index in [1.165, 1.54) is 12.1 Å². The predicted molar refractivity (Wildman–Crippen MR) is 111 cm³/mol. The van der Waals surface area contributed by atoms with Crippen LogP contribution in [0.5, 0.6) is 11.6 Å². The lowest BCUT2D eigenvalue weighted by Gasteiger charge is -2.12. The second-order valence-electron chi connectivity index (χ2n) is 6.38. The van der Waals surface area contributed by atoms with Gasteiger partial charge < -0.3 is 4.74 Å². The van der Waals surface area contributed by atoms with Gasteiger partial charge in [0.2, 0.25) is 5.88 Å². The van der Waals surface area contributed by atoms with E-state index < -0.39 is 11.2 Å². The van der Waals surface area contributed by atoms with Crippen molar-refractivity contribution < 1.29 is 4.74 Å². The third kappa shape index (κ3) is 4.44. The van der Waals surface area contributed by atoms with E-state index in [9.17, 15) is 9.59 Å². The van der Waals surface area contributed by atoms with Gasteiger partial charge >= 0.3 is 5.69 Å². The highest BCUT2D eigenvalue weighted by molar-refractivity contribution is 6.37. The van der Waals surface area contributed by atoms with Crippen LogP contribution in [0.2, 0.25) is 15.2 Å². The first-order valence-electron chi connectivity index (χ1n) is 8.63. The second-order valence-corrected chi connectivity index (χ2v) is 7.55. The van der Waals surface area contributed by atoms with Crippen LogP contribution in [0.25, 0.3) is 11.3 Å². The van der Waals surface area contributed by atoms with Gasteiger partial charge in [-0.3, -0.25) is 9.78 Å². The zero-order chi connectivity index (χ0) is 21.3. The molecule has 8 nitrogen and oxygen atoms in total. The molecule has 0 saturated carbocycles. The lowest BCUT2D eigenvalue weighted by Crippen LogP contribution is -2.33. The number of halogens is 3. The molecule has 1 N–H and O–H groups in total. The summed E-state index contributed by atoms with van der Waals surface area (Å²) in [6.07, 6.45) is 0. The molecule has 11 heteroatoms. The standard InChI is InChI=1S/C18H16Cl3N5O3/c1-4-26-18(28)22-17(27)14(25-26)9-5-11(19)15(12(20)6-9)29-13-7-10(8(2)3)16(21)24-23-13/h5-8H,4H2,1-3H3,(H,22,27,28). The van der Waals surface area contributed by atoms with E-state index in [2.05, 4.69) is 20.3 Å². The Hall–Kier alpha value is -2.42. The Labute approximate surface area is 180 Å². The van der Waals surface area contributed by atoms with E-state index in [-0.39, 0.29) is 38.4 Å². The third-order valence-corrected chi connectivity index (χ3v) is 4.90. The largest absolute Gasteiger partial charge is 0.434 e. The number of ether oxygens (including phenoxy) is 1. The van der Waals surface area contributed by atoms with Gasteiger partial charge in [-0.15, -0.1) is 10.2 Å². The summed E-state index contributed by atoms with van der Waals surface area (Å²) < 4.78 is 6.84. The van der Waals surface area contributed by atoms with Crippen molar-refractivity contribution >= 4 is 34.8 Å². The molecule has 0 amide bonds. The monoisotopic (exact) mass is 455 g/mol. The molecular formula is C18H16Cl3N5O3. The molecule has 152 valence electrons. The molecule has 0 atom stereocenters. The lowest BCUT2D eigenvalue weighted by molar-refractivity contribution is 0.454. The minimum atomic E-state index is -0.648. The summed E-state index contributed by atoms with van der Waals surface area (Å²) in [6.45, 7) is 5.94. The summed E-state index contributed by atoms with van der Waals surface area (Å²) in [5.41, 5.74) is -0.138. The van der Waals surface area contributed by atoms with Crippen LogP contribution < -0.4 is 16.0 Å². The number of nitrogens with zero attached hydrogens (tertiary/aromatic N) is 4. The fourth-order valence-corrected chi connectivity index (χ4v) is 3.44. The van der Waals surface area contributed by atoms with E-state index in [1.54, 1.807) is 13.0 Å². The Kier molecular flexibility index (Phi) is 6.26. The molecule has 29 heavy (non-hydrogen) atoms. The predicted octanol–water partition coefficient (Wildman–Crippen LogP) is 4.28. The highest BCUT2D eigenvalue weighted by Crippen LogP contribution is 2.39. The molecule has 2 heterocycles. The minimum Gasteiger partial charge on any atom is -0.434 e. The highest BCUT2D eigenvalue weighted by atomic mass is 35.5. The SMILES string of the molecule is CCn1nc(-c2cc(Cl)c(Oc3cc(C(C)C)c(Cl)nn3)c(Cl)c2)c(=O)[nH]c1=O. The van der Waals surface area contributed by atoms with Crippen LogP contribution in [-0.4, -0.2) is 25.0 Å². The maximum absolute atomic E-state index is 12.2. The second kappa shape index (κ2) is 8.52. The van der Waals surface area contributed by atoms with Crippen molar-refractivity contribution in [2.24, 2.45) is 0 Å². The molecule has 0 saturated heterocycles. The molecule has 3 aromatic rings. The van der Waals surface area contributed by atoms with Crippen molar-refractivity contribution in [2.45, 2.75) is 33.2 Å². The van der Waals surface area contributed by atoms with Crippen LogP contribution in [0.15, 0.2) is 27.8 Å². The number of nitrogens with one attached hydrogen (secondary N) is 1. The molecule has 1 aromatic carbocycles. The van der Waals surface area contributed by atoms with Crippen molar-refractivity contribution in [3.63, 3.8) is 0 Å². The van der Waals surface area contributed by atoms with Crippen LogP contribution in [0.3, 0.4) is 0 Å². The summed E-state index contributed by atoms with van der Waals surface area (Å²) in [4.78, 5) is 26.1. The fraction of sp³-hybridized carbons (Fsp3) is 0.278. The highest BCUT2D eigenvalue weighted by Gasteiger charge is 2.17. The topological polar surface area (TPSA) is 103 Å². The average Bonchev–Trinajstić information content (AvgIpc) is 2.65. The normalized spacial score (nSPS) is 11.1. The van der Waals surface area contributed by atoms with Crippen LogP contribution >= 0.6 is 34.8 Å². The smallest absolute Gasteiger partial charge is 0.344 e. The number of aromatic amines is 1. The number of rotatable bonds is 5. The summed E-state index contributed by atoms with van der Waals surface area (Å²) >= 11 is 18.7. The van der Waals surface area contributed by atoms with Crippen LogP contribution in [0, 0.1) is 0 Å². The number of aryl methyl sites for hydroxylation is 1. The summed E-state index contributed by atoms with van der Waals surface area (Å²) in [5.74, 6) is 0.425. The van der Waals surface area contributed by atoms with E-state index >= 15 is 0 Å². The summed E-state index contributed by atoms with van der Waals surface area (Å²) in [6, 6.07) is 4.60. The van der Waals surface area contributed by atoms with Gasteiger partial charge in [0.15, 0.2) is 16.6 Å². The maximum Gasteiger partial charge on any atom is 0.344 e. The van der Waals surface area contributed by atoms with E-state index in [4.69, 9.17) is 39.5 Å². The number of H-pyrrole nitrogens is 1. The first-order chi connectivity index (χ1) is 13.7. The van der Waals surface area contributed by atoms with E-state index in [0.29, 0.717) is 12.1 Å². The zero-order valence-corrected chi connectivity index (χ0v) is 17.9. The molecule has 0 spiro atoms. The molecule has 2 aromatic heterocycles. The Morgan fingerprint density at radius 1 is 1.10 bits per heavy atom. The molecular weight excluding hydrogens is 441 g/mol. The first-order valence-corrected chi connectivity index (χ1v) is 9.76. The van der Waals surface area contributed by atoms with Crippen molar-refractivity contribution in [3.8, 4) is 22.9 Å². The van der Waals surface area contributed by atoms with Gasteiger partial charge in [-0.1, -0.05) is 48.7 Å². The van der Waals surface area contributed by atoms with E-state index in [0.717, 1.165) is 10.2 Å². The maximum atomic E-state index is 12.2. The van der Waals surface area contributed by atoms with Crippen LogP contribution in [-0.2, 0) is 6.54 Å². The molecule has 0 fully saturated rings. The summed E-state index contributed by atoms with van der Waals surface area (Å²) in [5, 5.41) is 12.4. The van der Waals surface area contributed by atoms with Gasteiger partial charge in [0.1, 0.15) is 0 Å². The molecule has 0 bridgehead atoms. The Morgan fingerprint density at radius 3 is 2.34 bits per heavy atom. The lowest BCUT2D eigenvalue weighted by atomic mass is 10.1. The Bertz CT molecular complexity index is 1170. The van der Waals surface area contributed by atoms with Crippen molar-refractivity contribution in [1.82, 2.24) is 25.0 Å². The molecule has 0 unspecified atom stereocenters. The van der Waals surface area contributed by atoms with Gasteiger partial charge in [0.05, 0.1) is 10.0 Å². The molecule has 3 rings (SSSR count). The van der Waals surface area contributed by atoms with Gasteiger partial charge in [0.25, 0.3) is 5.56 Å². The number of hydrogen-bond acceptors (Lipinski definition) is 6. The average molecular weight is 457 g/mol. The first kappa shape index (κ1) is 21.3.